The van der Waals surface area contributed by atoms with Crippen molar-refractivity contribution in [3.8, 4) is 0 Å². The third kappa shape index (κ3) is 3.49. The maximum Gasteiger partial charge on any atom is 0.250 e. The number of hydrogen-bond donors (Lipinski definition) is 1. The van der Waals surface area contributed by atoms with Crippen molar-refractivity contribution < 1.29 is 9.18 Å². The van der Waals surface area contributed by atoms with Crippen LogP contribution in [0.3, 0.4) is 0 Å². The van der Waals surface area contributed by atoms with Crippen LogP contribution in [-0.4, -0.2) is 10.9 Å². The molecule has 1 heterocycles. The quantitative estimate of drug-likeness (QED) is 0.863. The lowest BCUT2D eigenvalue weighted by Crippen LogP contribution is -2.07. The second-order valence-electron chi connectivity index (χ2n) is 3.67. The Hall–Kier alpha value is -2.01. The van der Waals surface area contributed by atoms with Crippen molar-refractivity contribution in [3.63, 3.8) is 0 Å². The van der Waals surface area contributed by atoms with E-state index in [-0.39, 0.29) is 11.7 Å². The summed E-state index contributed by atoms with van der Waals surface area (Å²) in [5, 5.41) is 5.05. The largest absolute Gasteiger partial charge is 0.298 e. The lowest BCUT2D eigenvalue weighted by atomic mass is 10.2. The molecule has 0 aliphatic carbocycles. The molecule has 1 aromatic carbocycles. The minimum absolute atomic E-state index is 0.284. The van der Waals surface area contributed by atoms with Gasteiger partial charge in [-0.25, -0.2) is 9.37 Å². The van der Waals surface area contributed by atoms with E-state index in [1.165, 1.54) is 29.5 Å². The molecular formula is C13H11FN2OS. The summed E-state index contributed by atoms with van der Waals surface area (Å²) >= 11 is 1.37. The predicted molar refractivity (Wildman–Crippen MR) is 70.9 cm³/mol. The summed E-state index contributed by atoms with van der Waals surface area (Å²) in [6.07, 6.45) is 2.91. The molecule has 18 heavy (non-hydrogen) atoms. The van der Waals surface area contributed by atoms with Crippen LogP contribution in [0.2, 0.25) is 0 Å². The molecule has 2 aromatic rings. The number of carbonyl (C=O) groups is 1. The molecule has 0 spiro atoms. The molecule has 0 aliphatic heterocycles. The monoisotopic (exact) mass is 262 g/mol. The average molecular weight is 262 g/mol. The molecule has 0 unspecified atom stereocenters. The number of aromatic nitrogens is 1. The molecule has 0 fully saturated rings. The van der Waals surface area contributed by atoms with E-state index in [0.717, 1.165) is 5.69 Å². The second kappa shape index (κ2) is 5.55. The summed E-state index contributed by atoms with van der Waals surface area (Å²) in [5.41, 5.74) is 1.50. The maximum atomic E-state index is 12.9. The Balaban J connectivity index is 1.99. The minimum atomic E-state index is -0.326. The van der Waals surface area contributed by atoms with Crippen LogP contribution in [0.4, 0.5) is 9.52 Å². The van der Waals surface area contributed by atoms with Crippen molar-refractivity contribution in [2.75, 3.05) is 5.32 Å². The predicted octanol–water partition coefficient (Wildman–Crippen LogP) is 3.24. The number of rotatable bonds is 3. The number of aryl methyl sites for hydroxylation is 1. The molecule has 1 N–H and O–H groups in total. The van der Waals surface area contributed by atoms with Crippen LogP contribution in [0.1, 0.15) is 11.3 Å². The Morgan fingerprint density at radius 2 is 2.33 bits per heavy atom. The highest BCUT2D eigenvalue weighted by atomic mass is 32.1. The molecule has 0 radical (unpaired) electrons. The molecular weight excluding hydrogens is 251 g/mol. The Kier molecular flexibility index (Phi) is 3.84. The Morgan fingerprint density at radius 1 is 1.50 bits per heavy atom. The van der Waals surface area contributed by atoms with Crippen molar-refractivity contribution >= 4 is 28.5 Å². The highest BCUT2D eigenvalue weighted by Crippen LogP contribution is 2.14. The Labute approximate surface area is 108 Å². The van der Waals surface area contributed by atoms with Gasteiger partial charge in [0.25, 0.3) is 0 Å². The number of nitrogens with zero attached hydrogens (tertiary/aromatic N) is 1. The first-order valence-electron chi connectivity index (χ1n) is 5.30. The summed E-state index contributed by atoms with van der Waals surface area (Å²) in [4.78, 5) is 15.7. The minimum Gasteiger partial charge on any atom is -0.298 e. The first-order valence-corrected chi connectivity index (χ1v) is 6.18. The lowest BCUT2D eigenvalue weighted by Gasteiger charge is -1.96. The normalized spacial score (nSPS) is 10.8. The number of hydrogen-bond acceptors (Lipinski definition) is 3. The van der Waals surface area contributed by atoms with Gasteiger partial charge in [0, 0.05) is 11.5 Å². The van der Waals surface area contributed by atoms with Crippen LogP contribution in [0.15, 0.2) is 35.7 Å². The van der Waals surface area contributed by atoms with E-state index in [4.69, 9.17) is 0 Å². The molecule has 0 bridgehead atoms. The van der Waals surface area contributed by atoms with E-state index in [1.54, 1.807) is 18.2 Å². The third-order valence-electron chi connectivity index (χ3n) is 2.12. The molecule has 0 saturated heterocycles. The van der Waals surface area contributed by atoms with Crippen molar-refractivity contribution in [3.05, 3.63) is 52.8 Å². The topological polar surface area (TPSA) is 42.0 Å². The van der Waals surface area contributed by atoms with Gasteiger partial charge in [0.15, 0.2) is 5.13 Å². The fourth-order valence-electron chi connectivity index (χ4n) is 1.34. The zero-order valence-corrected chi connectivity index (χ0v) is 10.5. The Bertz CT molecular complexity index is 592. The van der Waals surface area contributed by atoms with Crippen LogP contribution in [0.25, 0.3) is 6.08 Å². The summed E-state index contributed by atoms with van der Waals surface area (Å²) in [6, 6.07) is 6.03. The highest BCUT2D eigenvalue weighted by molar-refractivity contribution is 7.13. The van der Waals surface area contributed by atoms with Gasteiger partial charge < -0.3 is 0 Å². The van der Waals surface area contributed by atoms with Gasteiger partial charge in [-0.05, 0) is 30.7 Å². The van der Waals surface area contributed by atoms with E-state index in [2.05, 4.69) is 10.3 Å². The summed E-state index contributed by atoms with van der Waals surface area (Å²) in [7, 11) is 0. The third-order valence-corrected chi connectivity index (χ3v) is 3.00. The highest BCUT2D eigenvalue weighted by Gasteiger charge is 2.01. The van der Waals surface area contributed by atoms with Gasteiger partial charge in [-0.1, -0.05) is 12.1 Å². The zero-order chi connectivity index (χ0) is 13.0. The lowest BCUT2D eigenvalue weighted by molar-refractivity contribution is -0.111. The van der Waals surface area contributed by atoms with E-state index < -0.39 is 0 Å². The molecule has 0 aliphatic rings. The van der Waals surface area contributed by atoms with Gasteiger partial charge in [0.05, 0.1) is 5.69 Å². The zero-order valence-electron chi connectivity index (χ0n) is 9.68. The summed E-state index contributed by atoms with van der Waals surface area (Å²) in [6.45, 7) is 1.86. The van der Waals surface area contributed by atoms with E-state index in [0.29, 0.717) is 10.7 Å². The summed E-state index contributed by atoms with van der Waals surface area (Å²) in [5.74, 6) is -0.610. The van der Waals surface area contributed by atoms with Gasteiger partial charge >= 0.3 is 0 Å². The number of benzene rings is 1. The van der Waals surface area contributed by atoms with Crippen molar-refractivity contribution in [1.29, 1.82) is 0 Å². The molecule has 1 aromatic heterocycles. The number of thiazole rings is 1. The molecule has 1 amide bonds. The molecule has 5 heteroatoms. The number of carbonyl (C=O) groups excluding carboxylic acids is 1. The smallest absolute Gasteiger partial charge is 0.250 e. The van der Waals surface area contributed by atoms with E-state index >= 15 is 0 Å². The molecule has 2 rings (SSSR count). The van der Waals surface area contributed by atoms with Crippen molar-refractivity contribution in [2.24, 2.45) is 0 Å². The van der Waals surface area contributed by atoms with Gasteiger partial charge in [-0.3, -0.25) is 10.1 Å². The first-order chi connectivity index (χ1) is 8.63. The van der Waals surface area contributed by atoms with E-state index in [9.17, 15) is 9.18 Å². The first kappa shape index (κ1) is 12.4. The number of nitrogens with one attached hydrogen (secondary N) is 1. The average Bonchev–Trinajstić information content (AvgIpc) is 2.72. The standard InChI is InChI=1S/C13H11FN2OS/c1-9-8-18-13(15-9)16-12(17)6-5-10-3-2-4-11(14)7-10/h2-8H,1H3,(H,15,16,17)/b6-5+. The van der Waals surface area contributed by atoms with Crippen LogP contribution < -0.4 is 5.32 Å². The van der Waals surface area contributed by atoms with Crippen LogP contribution in [0, 0.1) is 12.7 Å². The summed E-state index contributed by atoms with van der Waals surface area (Å²) < 4.78 is 12.9. The van der Waals surface area contributed by atoms with Gasteiger partial charge in [0.1, 0.15) is 5.82 Å². The van der Waals surface area contributed by atoms with Gasteiger partial charge in [0.2, 0.25) is 5.91 Å². The number of halogens is 1. The van der Waals surface area contributed by atoms with Crippen LogP contribution in [0.5, 0.6) is 0 Å². The van der Waals surface area contributed by atoms with Gasteiger partial charge in [-0.2, -0.15) is 0 Å². The molecule has 92 valence electrons. The molecule has 3 nitrogen and oxygen atoms in total. The van der Waals surface area contributed by atoms with Gasteiger partial charge in [-0.15, -0.1) is 11.3 Å². The molecule has 0 saturated carbocycles. The van der Waals surface area contributed by atoms with Crippen molar-refractivity contribution in [2.45, 2.75) is 6.92 Å². The number of amides is 1. The van der Waals surface area contributed by atoms with Crippen LogP contribution in [-0.2, 0) is 4.79 Å². The fraction of sp³-hybridized carbons (Fsp3) is 0.0769. The maximum absolute atomic E-state index is 12.9. The SMILES string of the molecule is Cc1csc(NC(=O)/C=C/c2cccc(F)c2)n1. The molecule has 0 atom stereocenters. The second-order valence-corrected chi connectivity index (χ2v) is 4.53. The van der Waals surface area contributed by atoms with Crippen molar-refractivity contribution in [1.82, 2.24) is 4.98 Å². The fourth-order valence-corrected chi connectivity index (χ4v) is 2.03. The van der Waals surface area contributed by atoms with Crippen LogP contribution >= 0.6 is 11.3 Å². The number of anilines is 1. The van der Waals surface area contributed by atoms with E-state index in [1.807, 2.05) is 12.3 Å². The Morgan fingerprint density at radius 3 is 3.00 bits per heavy atom.